The Morgan fingerprint density at radius 1 is 0.414 bits per heavy atom. The minimum atomic E-state index is 0.761. The van der Waals surface area contributed by atoms with E-state index in [9.17, 15) is 0 Å². The van der Waals surface area contributed by atoms with E-state index in [2.05, 4.69) is 84.9 Å². The van der Waals surface area contributed by atoms with Crippen LogP contribution in [-0.4, -0.2) is 0 Å². The van der Waals surface area contributed by atoms with Gasteiger partial charge in [0.1, 0.15) is 0 Å². The molecule has 0 aromatic heterocycles. The SMILES string of the molecule is Clc1cccc(-c2ccc3ccc4ccc5ccc6ccccc6c5c4c3c2)c1. The van der Waals surface area contributed by atoms with Crippen molar-refractivity contribution < 1.29 is 0 Å². The van der Waals surface area contributed by atoms with E-state index in [0.29, 0.717) is 0 Å². The molecule has 0 atom stereocenters. The van der Waals surface area contributed by atoms with Gasteiger partial charge in [0, 0.05) is 5.02 Å². The Labute approximate surface area is 174 Å². The Bertz CT molecular complexity index is 1550. The van der Waals surface area contributed by atoms with E-state index in [-0.39, 0.29) is 0 Å². The van der Waals surface area contributed by atoms with Gasteiger partial charge in [0.2, 0.25) is 0 Å². The van der Waals surface area contributed by atoms with Gasteiger partial charge in [0.05, 0.1) is 0 Å². The van der Waals surface area contributed by atoms with Crippen molar-refractivity contribution in [2.24, 2.45) is 0 Å². The van der Waals surface area contributed by atoms with Crippen LogP contribution in [-0.2, 0) is 0 Å². The molecule has 0 saturated carbocycles. The van der Waals surface area contributed by atoms with E-state index in [1.54, 1.807) is 0 Å². The molecule has 136 valence electrons. The summed E-state index contributed by atoms with van der Waals surface area (Å²) in [6.45, 7) is 0. The Morgan fingerprint density at radius 3 is 1.76 bits per heavy atom. The molecule has 0 spiro atoms. The molecule has 6 aromatic rings. The summed E-state index contributed by atoms with van der Waals surface area (Å²) in [5.41, 5.74) is 2.33. The van der Waals surface area contributed by atoms with Gasteiger partial charge in [-0.1, -0.05) is 96.5 Å². The highest BCUT2D eigenvalue weighted by atomic mass is 35.5. The molecule has 29 heavy (non-hydrogen) atoms. The Morgan fingerprint density at radius 2 is 1.00 bits per heavy atom. The molecule has 0 fully saturated rings. The predicted molar refractivity (Wildman–Crippen MR) is 127 cm³/mol. The van der Waals surface area contributed by atoms with Crippen molar-refractivity contribution in [3.05, 3.63) is 108 Å². The van der Waals surface area contributed by atoms with Crippen molar-refractivity contribution in [3.63, 3.8) is 0 Å². The molecule has 6 aromatic carbocycles. The van der Waals surface area contributed by atoms with Gasteiger partial charge in [-0.05, 0) is 72.4 Å². The van der Waals surface area contributed by atoms with Crippen LogP contribution in [0.3, 0.4) is 0 Å². The smallest absolute Gasteiger partial charge is 0.0412 e. The first-order chi connectivity index (χ1) is 14.3. The van der Waals surface area contributed by atoms with Crippen LogP contribution in [0.5, 0.6) is 0 Å². The molecule has 0 N–H and O–H groups in total. The summed E-state index contributed by atoms with van der Waals surface area (Å²) in [5.74, 6) is 0. The van der Waals surface area contributed by atoms with E-state index in [0.717, 1.165) is 10.6 Å². The molecule has 0 unspecified atom stereocenters. The maximum absolute atomic E-state index is 6.25. The minimum absolute atomic E-state index is 0.761. The molecule has 0 amide bonds. The van der Waals surface area contributed by atoms with Gasteiger partial charge >= 0.3 is 0 Å². The molecule has 1 heteroatoms. The summed E-state index contributed by atoms with van der Waals surface area (Å²) < 4.78 is 0. The summed E-state index contributed by atoms with van der Waals surface area (Å²) in [7, 11) is 0. The molecule has 0 aliphatic heterocycles. The number of rotatable bonds is 1. The lowest BCUT2D eigenvalue weighted by Gasteiger charge is -2.12. The zero-order chi connectivity index (χ0) is 19.4. The highest BCUT2D eigenvalue weighted by Crippen LogP contribution is 2.38. The fourth-order valence-corrected chi connectivity index (χ4v) is 4.68. The Balaban J connectivity index is 1.80. The molecule has 0 nitrogen and oxygen atoms in total. The van der Waals surface area contributed by atoms with Gasteiger partial charge in [-0.2, -0.15) is 0 Å². The van der Waals surface area contributed by atoms with Gasteiger partial charge in [-0.25, -0.2) is 0 Å². The van der Waals surface area contributed by atoms with Crippen LogP contribution in [0.25, 0.3) is 54.2 Å². The first kappa shape index (κ1) is 16.6. The maximum atomic E-state index is 6.25. The molecular formula is C28H17Cl. The summed E-state index contributed by atoms with van der Waals surface area (Å²) in [5, 5.41) is 11.1. The molecular weight excluding hydrogens is 372 g/mol. The zero-order valence-corrected chi connectivity index (χ0v) is 16.4. The molecule has 0 aliphatic carbocycles. The van der Waals surface area contributed by atoms with Crippen LogP contribution in [0.4, 0.5) is 0 Å². The fraction of sp³-hybridized carbons (Fsp3) is 0. The van der Waals surface area contributed by atoms with Gasteiger partial charge in [-0.3, -0.25) is 0 Å². The van der Waals surface area contributed by atoms with Crippen molar-refractivity contribution in [3.8, 4) is 11.1 Å². The predicted octanol–water partition coefficient (Wildman–Crippen LogP) is 8.62. The van der Waals surface area contributed by atoms with E-state index in [4.69, 9.17) is 11.6 Å². The highest BCUT2D eigenvalue weighted by molar-refractivity contribution is 6.31. The summed E-state index contributed by atoms with van der Waals surface area (Å²) in [6.07, 6.45) is 0. The van der Waals surface area contributed by atoms with E-state index in [1.165, 1.54) is 48.7 Å². The van der Waals surface area contributed by atoms with Gasteiger partial charge < -0.3 is 0 Å². The minimum Gasteiger partial charge on any atom is -0.0843 e. The van der Waals surface area contributed by atoms with Gasteiger partial charge in [0.15, 0.2) is 0 Å². The van der Waals surface area contributed by atoms with Crippen LogP contribution in [0.2, 0.25) is 5.02 Å². The second-order valence-electron chi connectivity index (χ2n) is 7.56. The van der Waals surface area contributed by atoms with E-state index >= 15 is 0 Å². The van der Waals surface area contributed by atoms with Crippen LogP contribution >= 0.6 is 11.6 Å². The van der Waals surface area contributed by atoms with Crippen molar-refractivity contribution in [1.29, 1.82) is 0 Å². The third-order valence-corrected chi connectivity index (χ3v) is 6.10. The fourth-order valence-electron chi connectivity index (χ4n) is 4.49. The largest absolute Gasteiger partial charge is 0.0843 e. The number of hydrogen-bond acceptors (Lipinski definition) is 0. The second kappa shape index (κ2) is 6.34. The van der Waals surface area contributed by atoms with Crippen LogP contribution in [0, 0.1) is 0 Å². The lowest BCUT2D eigenvalue weighted by atomic mass is 9.91. The zero-order valence-electron chi connectivity index (χ0n) is 15.7. The number of benzene rings is 6. The average molecular weight is 389 g/mol. The standard InChI is InChI=1S/C28H17Cl/c29-24-6-3-5-22(16-24)23-15-10-19-9-12-21-14-13-20-11-8-18-4-1-2-7-25(18)27(20)28(21)26(19)17-23/h1-17H. The average Bonchev–Trinajstić information content (AvgIpc) is 2.78. The maximum Gasteiger partial charge on any atom is 0.0412 e. The first-order valence-electron chi connectivity index (χ1n) is 9.81. The number of fused-ring (bicyclic) bond motifs is 7. The molecule has 0 bridgehead atoms. The van der Waals surface area contributed by atoms with Crippen molar-refractivity contribution in [2.45, 2.75) is 0 Å². The number of hydrogen-bond donors (Lipinski definition) is 0. The van der Waals surface area contributed by atoms with Gasteiger partial charge in [0.25, 0.3) is 0 Å². The van der Waals surface area contributed by atoms with E-state index < -0.39 is 0 Å². The Hall–Kier alpha value is -3.35. The third kappa shape index (κ3) is 2.61. The summed E-state index contributed by atoms with van der Waals surface area (Å²) in [6, 6.07) is 36.8. The molecule has 0 saturated heterocycles. The van der Waals surface area contributed by atoms with E-state index in [1.807, 2.05) is 18.2 Å². The molecule has 0 heterocycles. The topological polar surface area (TPSA) is 0 Å². The highest BCUT2D eigenvalue weighted by Gasteiger charge is 2.10. The third-order valence-electron chi connectivity index (χ3n) is 5.87. The molecule has 6 rings (SSSR count). The quantitative estimate of drug-likeness (QED) is 0.247. The van der Waals surface area contributed by atoms with Crippen LogP contribution < -0.4 is 0 Å². The van der Waals surface area contributed by atoms with Crippen LogP contribution in [0.1, 0.15) is 0 Å². The summed E-state index contributed by atoms with van der Waals surface area (Å²) in [4.78, 5) is 0. The first-order valence-corrected chi connectivity index (χ1v) is 10.2. The molecule has 0 aliphatic rings. The molecule has 0 radical (unpaired) electrons. The van der Waals surface area contributed by atoms with Crippen LogP contribution in [0.15, 0.2) is 103 Å². The summed E-state index contributed by atoms with van der Waals surface area (Å²) >= 11 is 6.25. The van der Waals surface area contributed by atoms with Crippen molar-refractivity contribution in [1.82, 2.24) is 0 Å². The normalized spacial score (nSPS) is 11.6. The monoisotopic (exact) mass is 388 g/mol. The van der Waals surface area contributed by atoms with Crippen molar-refractivity contribution >= 4 is 54.7 Å². The van der Waals surface area contributed by atoms with Gasteiger partial charge in [-0.15, -0.1) is 0 Å². The lowest BCUT2D eigenvalue weighted by molar-refractivity contribution is 1.65. The Kier molecular flexibility index (Phi) is 3.62. The number of halogens is 1. The second-order valence-corrected chi connectivity index (χ2v) is 8.00. The lowest BCUT2D eigenvalue weighted by Crippen LogP contribution is -1.85. The van der Waals surface area contributed by atoms with Crippen molar-refractivity contribution in [2.75, 3.05) is 0 Å².